The van der Waals surface area contributed by atoms with Crippen LogP contribution in [0, 0.1) is 6.92 Å². The molecule has 23 heavy (non-hydrogen) atoms. The van der Waals surface area contributed by atoms with E-state index in [1.807, 2.05) is 4.68 Å². The second-order valence-corrected chi connectivity index (χ2v) is 7.06. The molecule has 0 amide bonds. The lowest BCUT2D eigenvalue weighted by Gasteiger charge is -2.39. The summed E-state index contributed by atoms with van der Waals surface area (Å²) in [5, 5.41) is 15.4. The molecule has 3 rings (SSSR count). The van der Waals surface area contributed by atoms with Gasteiger partial charge in [-0.05, 0) is 30.7 Å². The zero-order valence-corrected chi connectivity index (χ0v) is 15.0. The SMILES string of the molecule is CCCCn1nnnc1CN1CCN(c2nc(C)cs2)C(C)C1. The number of nitrogens with zero attached hydrogens (tertiary/aromatic N) is 7. The van der Waals surface area contributed by atoms with E-state index in [4.69, 9.17) is 0 Å². The van der Waals surface area contributed by atoms with Crippen molar-refractivity contribution in [3.05, 3.63) is 16.9 Å². The highest BCUT2D eigenvalue weighted by Gasteiger charge is 2.26. The lowest BCUT2D eigenvalue weighted by atomic mass is 10.2. The molecule has 0 radical (unpaired) electrons. The van der Waals surface area contributed by atoms with Crippen molar-refractivity contribution in [2.45, 2.75) is 52.7 Å². The maximum absolute atomic E-state index is 4.62. The fourth-order valence-electron chi connectivity index (χ4n) is 2.95. The second-order valence-electron chi connectivity index (χ2n) is 6.22. The first-order chi connectivity index (χ1) is 11.2. The predicted octanol–water partition coefficient (Wildman–Crippen LogP) is 1.95. The summed E-state index contributed by atoms with van der Waals surface area (Å²) < 4.78 is 1.95. The van der Waals surface area contributed by atoms with Gasteiger partial charge < -0.3 is 4.90 Å². The van der Waals surface area contributed by atoms with E-state index < -0.39 is 0 Å². The minimum absolute atomic E-state index is 0.453. The average Bonchev–Trinajstić information content (AvgIpc) is 3.14. The molecule has 1 fully saturated rings. The zero-order chi connectivity index (χ0) is 16.2. The highest BCUT2D eigenvalue weighted by molar-refractivity contribution is 7.13. The first-order valence-corrected chi connectivity index (χ1v) is 9.21. The summed E-state index contributed by atoms with van der Waals surface area (Å²) in [5.41, 5.74) is 1.11. The van der Waals surface area contributed by atoms with Crippen molar-refractivity contribution in [1.29, 1.82) is 0 Å². The van der Waals surface area contributed by atoms with E-state index in [-0.39, 0.29) is 0 Å². The monoisotopic (exact) mass is 335 g/mol. The molecule has 0 spiro atoms. The van der Waals surface area contributed by atoms with Crippen molar-refractivity contribution in [2.24, 2.45) is 0 Å². The van der Waals surface area contributed by atoms with Crippen molar-refractivity contribution in [2.75, 3.05) is 24.5 Å². The number of anilines is 1. The number of tetrazole rings is 1. The number of unbranched alkanes of at least 4 members (excludes halogenated alkanes) is 1. The Bertz CT molecular complexity index is 623. The molecule has 8 heteroatoms. The number of piperazine rings is 1. The number of thiazole rings is 1. The molecule has 0 N–H and O–H groups in total. The Morgan fingerprint density at radius 3 is 2.91 bits per heavy atom. The minimum atomic E-state index is 0.453. The number of hydrogen-bond donors (Lipinski definition) is 0. The summed E-state index contributed by atoms with van der Waals surface area (Å²) in [6.07, 6.45) is 2.27. The van der Waals surface area contributed by atoms with E-state index in [9.17, 15) is 0 Å². The Morgan fingerprint density at radius 1 is 1.35 bits per heavy atom. The molecule has 0 aliphatic carbocycles. The lowest BCUT2D eigenvalue weighted by Crippen LogP contribution is -2.51. The van der Waals surface area contributed by atoms with Crippen molar-refractivity contribution in [3.8, 4) is 0 Å². The summed E-state index contributed by atoms with van der Waals surface area (Å²) >= 11 is 1.74. The number of hydrogen-bond acceptors (Lipinski definition) is 7. The molecule has 1 saturated heterocycles. The van der Waals surface area contributed by atoms with E-state index in [1.54, 1.807) is 11.3 Å². The lowest BCUT2D eigenvalue weighted by molar-refractivity contribution is 0.212. The van der Waals surface area contributed by atoms with Crippen LogP contribution in [0.2, 0.25) is 0 Å². The molecule has 7 nitrogen and oxygen atoms in total. The van der Waals surface area contributed by atoms with Gasteiger partial charge in [-0.15, -0.1) is 16.4 Å². The molecule has 1 aliphatic rings. The maximum Gasteiger partial charge on any atom is 0.185 e. The minimum Gasteiger partial charge on any atom is -0.343 e. The third-order valence-electron chi connectivity index (χ3n) is 4.26. The molecular weight excluding hydrogens is 310 g/mol. The fraction of sp³-hybridized carbons (Fsp3) is 0.733. The molecule has 0 bridgehead atoms. The van der Waals surface area contributed by atoms with Gasteiger partial charge in [-0.2, -0.15) is 0 Å². The van der Waals surface area contributed by atoms with Crippen molar-refractivity contribution in [3.63, 3.8) is 0 Å². The predicted molar refractivity (Wildman–Crippen MR) is 91.7 cm³/mol. The molecule has 1 atom stereocenters. The first-order valence-electron chi connectivity index (χ1n) is 8.33. The van der Waals surface area contributed by atoms with E-state index in [0.717, 1.165) is 62.2 Å². The van der Waals surface area contributed by atoms with Crippen molar-refractivity contribution >= 4 is 16.5 Å². The van der Waals surface area contributed by atoms with Gasteiger partial charge in [0, 0.05) is 37.6 Å². The molecule has 126 valence electrons. The fourth-order valence-corrected chi connectivity index (χ4v) is 3.88. The molecule has 3 heterocycles. The zero-order valence-electron chi connectivity index (χ0n) is 14.1. The highest BCUT2D eigenvalue weighted by atomic mass is 32.1. The molecule has 0 saturated carbocycles. The molecule has 1 aliphatic heterocycles. The Labute approximate surface area is 141 Å². The molecule has 2 aromatic heterocycles. The van der Waals surface area contributed by atoms with Gasteiger partial charge in [0.1, 0.15) is 0 Å². The molecular formula is C15H25N7S. The van der Waals surface area contributed by atoms with Gasteiger partial charge in [-0.25, -0.2) is 9.67 Å². The van der Waals surface area contributed by atoms with Gasteiger partial charge in [0.15, 0.2) is 11.0 Å². The van der Waals surface area contributed by atoms with Crippen molar-refractivity contribution < 1.29 is 0 Å². The van der Waals surface area contributed by atoms with Crippen LogP contribution in [-0.4, -0.2) is 55.8 Å². The van der Waals surface area contributed by atoms with Gasteiger partial charge in [-0.1, -0.05) is 13.3 Å². The van der Waals surface area contributed by atoms with Crippen LogP contribution in [-0.2, 0) is 13.1 Å². The summed E-state index contributed by atoms with van der Waals surface area (Å²) in [6, 6.07) is 0.453. The number of aromatic nitrogens is 5. The largest absolute Gasteiger partial charge is 0.343 e. The number of aryl methyl sites for hydroxylation is 2. The Hall–Kier alpha value is -1.54. The van der Waals surface area contributed by atoms with Gasteiger partial charge in [0.25, 0.3) is 0 Å². The Morgan fingerprint density at radius 2 is 2.22 bits per heavy atom. The van der Waals surface area contributed by atoms with Crippen molar-refractivity contribution in [1.82, 2.24) is 30.1 Å². The highest BCUT2D eigenvalue weighted by Crippen LogP contribution is 2.24. The summed E-state index contributed by atoms with van der Waals surface area (Å²) in [7, 11) is 0. The van der Waals surface area contributed by atoms with E-state index in [1.165, 1.54) is 0 Å². The van der Waals surface area contributed by atoms with Crippen LogP contribution in [0.15, 0.2) is 5.38 Å². The van der Waals surface area contributed by atoms with Gasteiger partial charge in [0.2, 0.25) is 0 Å². The summed E-state index contributed by atoms with van der Waals surface area (Å²) in [5.74, 6) is 0.976. The van der Waals surface area contributed by atoms with Gasteiger partial charge in [-0.3, -0.25) is 4.90 Å². The quantitative estimate of drug-likeness (QED) is 0.804. The Balaban J connectivity index is 1.59. The van der Waals surface area contributed by atoms with E-state index in [0.29, 0.717) is 6.04 Å². The van der Waals surface area contributed by atoms with Crippen LogP contribution < -0.4 is 4.90 Å². The topological polar surface area (TPSA) is 63.0 Å². The molecule has 1 unspecified atom stereocenters. The molecule has 0 aromatic carbocycles. The van der Waals surface area contributed by atoms with E-state index in [2.05, 4.69) is 56.5 Å². The van der Waals surface area contributed by atoms with Crippen LogP contribution in [0.5, 0.6) is 0 Å². The van der Waals surface area contributed by atoms with Crippen LogP contribution >= 0.6 is 11.3 Å². The summed E-state index contributed by atoms with van der Waals surface area (Å²) in [6.45, 7) is 11.3. The second kappa shape index (κ2) is 7.35. The van der Waals surface area contributed by atoms with Gasteiger partial charge >= 0.3 is 0 Å². The average molecular weight is 335 g/mol. The van der Waals surface area contributed by atoms with Crippen LogP contribution in [0.25, 0.3) is 0 Å². The standard InChI is InChI=1S/C15H25N7S/c1-4-5-6-22-14(17-18-19-22)10-20-7-8-21(13(3)9-20)15-16-12(2)11-23-15/h11,13H,4-10H2,1-3H3. The smallest absolute Gasteiger partial charge is 0.185 e. The molecule has 2 aromatic rings. The van der Waals surface area contributed by atoms with Gasteiger partial charge in [0.05, 0.1) is 12.2 Å². The summed E-state index contributed by atoms with van der Waals surface area (Å²) in [4.78, 5) is 9.47. The van der Waals surface area contributed by atoms with Crippen LogP contribution in [0.3, 0.4) is 0 Å². The van der Waals surface area contributed by atoms with E-state index >= 15 is 0 Å². The van der Waals surface area contributed by atoms with Crippen LogP contribution in [0.1, 0.15) is 38.2 Å². The normalized spacial score (nSPS) is 19.4. The third-order valence-corrected chi connectivity index (χ3v) is 5.25. The van der Waals surface area contributed by atoms with Crippen LogP contribution in [0.4, 0.5) is 5.13 Å². The maximum atomic E-state index is 4.62. The Kier molecular flexibility index (Phi) is 5.22. The third kappa shape index (κ3) is 3.87. The number of rotatable bonds is 6. The first kappa shape index (κ1) is 16.3.